The van der Waals surface area contributed by atoms with Crippen LogP contribution in [0.3, 0.4) is 0 Å². The molecule has 2 heterocycles. The third-order valence-electron chi connectivity index (χ3n) is 6.03. The topological polar surface area (TPSA) is 89.4 Å². The number of hydrogen-bond acceptors (Lipinski definition) is 7. The Morgan fingerprint density at radius 2 is 2.03 bits per heavy atom. The minimum absolute atomic E-state index is 0.00946. The maximum atomic E-state index is 13.2. The Morgan fingerprint density at radius 3 is 2.77 bits per heavy atom. The summed E-state index contributed by atoms with van der Waals surface area (Å²) in [6, 6.07) is 8.06. The molecule has 1 saturated heterocycles. The van der Waals surface area contributed by atoms with Gasteiger partial charge in [-0.3, -0.25) is 9.69 Å². The second-order valence-electron chi connectivity index (χ2n) is 7.84. The molecule has 160 valence electrons. The van der Waals surface area contributed by atoms with Crippen LogP contribution < -0.4 is 5.32 Å². The molecule has 1 saturated carbocycles. The second-order valence-corrected chi connectivity index (χ2v) is 8.72. The largest absolute Gasteiger partial charge is 0.464 e. The van der Waals surface area contributed by atoms with E-state index in [2.05, 4.69) is 20.5 Å². The van der Waals surface area contributed by atoms with Crippen LogP contribution in [0.1, 0.15) is 48.6 Å². The highest BCUT2D eigenvalue weighted by atomic mass is 32.2. The molecule has 1 aliphatic carbocycles. The molecule has 9 heteroatoms. The van der Waals surface area contributed by atoms with Crippen LogP contribution in [0, 0.1) is 0 Å². The van der Waals surface area contributed by atoms with Crippen LogP contribution in [0.15, 0.2) is 35.4 Å². The number of nitrogens with one attached hydrogen (secondary N) is 1. The van der Waals surface area contributed by atoms with Crippen molar-refractivity contribution in [1.29, 1.82) is 0 Å². The average molecular weight is 430 g/mol. The highest BCUT2D eigenvalue weighted by molar-refractivity contribution is 7.98. The highest BCUT2D eigenvalue weighted by Gasteiger charge is 2.42. The van der Waals surface area contributed by atoms with Crippen LogP contribution in [-0.4, -0.2) is 63.8 Å². The number of nitrogens with zero attached hydrogens (tertiary/aromatic N) is 4. The van der Waals surface area contributed by atoms with E-state index in [1.165, 1.54) is 20.0 Å². The van der Waals surface area contributed by atoms with Gasteiger partial charge in [0.25, 0.3) is 0 Å². The maximum Gasteiger partial charge on any atom is 0.360 e. The number of methoxy groups -OCH3 is 1. The van der Waals surface area contributed by atoms with Gasteiger partial charge in [0.05, 0.1) is 25.4 Å². The average Bonchev–Trinajstić information content (AvgIpc) is 3.52. The first-order chi connectivity index (χ1) is 14.6. The molecule has 2 aromatic rings. The summed E-state index contributed by atoms with van der Waals surface area (Å²) in [5.41, 5.74) is 1.00. The van der Waals surface area contributed by atoms with Gasteiger partial charge >= 0.3 is 5.97 Å². The smallest absolute Gasteiger partial charge is 0.360 e. The molecule has 0 radical (unpaired) electrons. The summed E-state index contributed by atoms with van der Waals surface area (Å²) in [5, 5.41) is 11.2. The van der Waals surface area contributed by atoms with Crippen molar-refractivity contribution < 1.29 is 14.3 Å². The van der Waals surface area contributed by atoms with Crippen LogP contribution in [0.2, 0.25) is 0 Å². The zero-order chi connectivity index (χ0) is 21.1. The lowest BCUT2D eigenvalue weighted by molar-refractivity contribution is -0.121. The molecule has 2 fully saturated rings. The monoisotopic (exact) mass is 429 g/mol. The first kappa shape index (κ1) is 20.9. The summed E-state index contributed by atoms with van der Waals surface area (Å²) in [6.07, 6.45) is 8.90. The third kappa shape index (κ3) is 4.37. The van der Waals surface area contributed by atoms with Crippen LogP contribution in [-0.2, 0) is 9.53 Å². The SMILES string of the molecule is COC(=O)c1cn([C@@H]2C[C@@H](C(=O)Nc3cccc(SC)c3)N(C3CCCC3)C2)nn1. The minimum atomic E-state index is -0.505. The van der Waals surface area contributed by atoms with Crippen molar-refractivity contribution in [2.24, 2.45) is 0 Å². The predicted octanol–water partition coefficient (Wildman–Crippen LogP) is 2.98. The van der Waals surface area contributed by atoms with E-state index in [1.54, 1.807) is 22.6 Å². The fourth-order valence-electron chi connectivity index (χ4n) is 4.51. The molecule has 1 aromatic carbocycles. The molecule has 1 aromatic heterocycles. The van der Waals surface area contributed by atoms with Crippen molar-refractivity contribution in [3.8, 4) is 0 Å². The molecule has 4 rings (SSSR count). The van der Waals surface area contributed by atoms with Crippen LogP contribution in [0.5, 0.6) is 0 Å². The van der Waals surface area contributed by atoms with E-state index in [0.717, 1.165) is 30.0 Å². The van der Waals surface area contributed by atoms with E-state index in [0.29, 0.717) is 12.5 Å². The fraction of sp³-hybridized carbons (Fsp3) is 0.524. The molecule has 1 N–H and O–H groups in total. The van der Waals surface area contributed by atoms with Gasteiger partial charge < -0.3 is 10.1 Å². The van der Waals surface area contributed by atoms with E-state index in [4.69, 9.17) is 4.74 Å². The number of hydrogen-bond donors (Lipinski definition) is 1. The molecule has 2 atom stereocenters. The first-order valence-electron chi connectivity index (χ1n) is 10.3. The van der Waals surface area contributed by atoms with Crippen molar-refractivity contribution in [1.82, 2.24) is 19.9 Å². The number of likely N-dealkylation sites (tertiary alicyclic amines) is 1. The van der Waals surface area contributed by atoms with Crippen molar-refractivity contribution in [3.05, 3.63) is 36.2 Å². The lowest BCUT2D eigenvalue weighted by atomic mass is 10.1. The fourth-order valence-corrected chi connectivity index (χ4v) is 4.97. The summed E-state index contributed by atoms with van der Waals surface area (Å²) >= 11 is 1.65. The number of carbonyl (C=O) groups excluding carboxylic acids is 2. The molecule has 30 heavy (non-hydrogen) atoms. The molecule has 8 nitrogen and oxygen atoms in total. The van der Waals surface area contributed by atoms with E-state index in [-0.39, 0.29) is 23.7 Å². The summed E-state index contributed by atoms with van der Waals surface area (Å²) in [4.78, 5) is 28.4. The van der Waals surface area contributed by atoms with Gasteiger partial charge in [0.2, 0.25) is 5.91 Å². The third-order valence-corrected chi connectivity index (χ3v) is 6.76. The zero-order valence-corrected chi connectivity index (χ0v) is 18.1. The number of aromatic nitrogens is 3. The number of carbonyl (C=O) groups is 2. The van der Waals surface area contributed by atoms with Gasteiger partial charge in [0.15, 0.2) is 5.69 Å². The van der Waals surface area contributed by atoms with Gasteiger partial charge in [0.1, 0.15) is 0 Å². The molecule has 0 spiro atoms. The van der Waals surface area contributed by atoms with E-state index in [1.807, 2.05) is 30.5 Å². The Bertz CT molecular complexity index is 912. The van der Waals surface area contributed by atoms with Crippen LogP contribution in [0.4, 0.5) is 5.69 Å². The van der Waals surface area contributed by atoms with Crippen molar-refractivity contribution >= 4 is 29.3 Å². The number of benzene rings is 1. The highest BCUT2D eigenvalue weighted by Crippen LogP contribution is 2.35. The Morgan fingerprint density at radius 1 is 1.23 bits per heavy atom. The number of ether oxygens (including phenoxy) is 1. The maximum absolute atomic E-state index is 13.2. The van der Waals surface area contributed by atoms with E-state index in [9.17, 15) is 9.59 Å². The van der Waals surface area contributed by atoms with Crippen molar-refractivity contribution in [2.45, 2.75) is 55.1 Å². The van der Waals surface area contributed by atoms with Gasteiger partial charge in [-0.15, -0.1) is 16.9 Å². The number of amides is 1. The summed E-state index contributed by atoms with van der Waals surface area (Å²) in [7, 11) is 1.32. The Kier molecular flexibility index (Phi) is 6.38. The number of esters is 1. The molecule has 2 aliphatic rings. The Labute approximate surface area is 180 Å². The standard InChI is InChI=1S/C21H27N5O3S/c1-29-21(28)18-13-26(24-23-18)16-11-19(25(12-16)15-7-3-4-8-15)20(27)22-14-6-5-9-17(10-14)30-2/h5-6,9-10,13,15-16,19H,3-4,7-8,11-12H2,1-2H3,(H,22,27)/t16-,19+/m1/s1. The first-order valence-corrected chi connectivity index (χ1v) is 11.5. The minimum Gasteiger partial charge on any atom is -0.464 e. The second kappa shape index (κ2) is 9.18. The molecule has 0 unspecified atom stereocenters. The molecular formula is C21H27N5O3S. The summed E-state index contributed by atoms with van der Waals surface area (Å²) < 4.78 is 6.43. The van der Waals surface area contributed by atoms with Gasteiger partial charge in [-0.1, -0.05) is 24.1 Å². The van der Waals surface area contributed by atoms with E-state index < -0.39 is 5.97 Å². The zero-order valence-electron chi connectivity index (χ0n) is 17.3. The summed E-state index contributed by atoms with van der Waals surface area (Å²) in [5.74, 6) is -0.495. The lowest BCUT2D eigenvalue weighted by Crippen LogP contribution is -2.44. The Hall–Kier alpha value is -2.39. The van der Waals surface area contributed by atoms with Gasteiger partial charge in [0, 0.05) is 23.2 Å². The number of rotatable bonds is 6. The van der Waals surface area contributed by atoms with Gasteiger partial charge in [-0.25, -0.2) is 9.48 Å². The number of thioether (sulfide) groups is 1. The van der Waals surface area contributed by atoms with Gasteiger partial charge in [-0.05, 0) is 43.7 Å². The van der Waals surface area contributed by atoms with Gasteiger partial charge in [-0.2, -0.15) is 0 Å². The normalized spacial score (nSPS) is 22.3. The predicted molar refractivity (Wildman–Crippen MR) is 115 cm³/mol. The number of anilines is 1. The molecule has 1 aliphatic heterocycles. The van der Waals surface area contributed by atoms with Crippen LogP contribution >= 0.6 is 11.8 Å². The Balaban J connectivity index is 1.52. The lowest BCUT2D eigenvalue weighted by Gasteiger charge is -2.29. The van der Waals surface area contributed by atoms with E-state index >= 15 is 0 Å². The van der Waals surface area contributed by atoms with Crippen LogP contribution in [0.25, 0.3) is 0 Å². The molecular weight excluding hydrogens is 402 g/mol. The van der Waals surface area contributed by atoms with Crippen molar-refractivity contribution in [2.75, 3.05) is 25.2 Å². The van der Waals surface area contributed by atoms with Crippen molar-refractivity contribution in [3.63, 3.8) is 0 Å². The quantitative estimate of drug-likeness (QED) is 0.558. The molecule has 0 bridgehead atoms. The molecule has 1 amide bonds. The summed E-state index contributed by atoms with van der Waals surface area (Å²) in [6.45, 7) is 0.720.